The van der Waals surface area contributed by atoms with Crippen molar-refractivity contribution < 1.29 is 23.8 Å². The topological polar surface area (TPSA) is 125 Å². The van der Waals surface area contributed by atoms with E-state index in [1.807, 2.05) is 31.2 Å². The first-order chi connectivity index (χ1) is 18.8. The first kappa shape index (κ1) is 28.9. The maximum absolute atomic E-state index is 15.0. The number of hydrogen-bond acceptors (Lipinski definition) is 6. The highest BCUT2D eigenvalue weighted by Crippen LogP contribution is 2.41. The van der Waals surface area contributed by atoms with Crippen LogP contribution in [-0.4, -0.2) is 49.7 Å². The molecule has 0 saturated carbocycles. The van der Waals surface area contributed by atoms with E-state index in [9.17, 15) is 19.5 Å². The Kier molecular flexibility index (Phi) is 8.11. The number of hydrogen-bond donors (Lipinski definition) is 3. The Bertz CT molecular complexity index is 1470. The summed E-state index contributed by atoms with van der Waals surface area (Å²) in [5.41, 5.74) is 1.03. The summed E-state index contributed by atoms with van der Waals surface area (Å²) in [6.45, 7) is 10.1. The standard InChI is InChI=1S/C30H35FN4O5/c1-16-8-7-9-20(12-16)23-10-11-25(30(5,6)39)35(23)29(38)19(4)32-27(36)21-13-17(2)26(22(31)15-21)40-24-14-18(3)33-34-28(24)37/h7-9,12-15,19,23,25,39H,10-11H2,1-6H3,(H,32,36)(H,34,37)/t19-,23+,25-/m1/s1. The van der Waals surface area contributed by atoms with Crippen LogP contribution in [0.15, 0.2) is 47.3 Å². The SMILES string of the molecule is Cc1cccc([C@@H]2CC[C@H](C(C)(C)O)N2C(=O)[C@@H](C)NC(=O)c2cc(C)c(Oc3cc(C)n[nH]c3=O)c(F)c2)c1. The van der Waals surface area contributed by atoms with Gasteiger partial charge in [0.1, 0.15) is 6.04 Å². The van der Waals surface area contributed by atoms with E-state index >= 15 is 4.39 Å². The normalized spacial score (nSPS) is 17.9. The lowest BCUT2D eigenvalue weighted by molar-refractivity contribution is -0.141. The molecular weight excluding hydrogens is 515 g/mol. The van der Waals surface area contributed by atoms with Gasteiger partial charge in [-0.25, -0.2) is 9.49 Å². The average Bonchev–Trinajstić information content (AvgIpc) is 3.33. The van der Waals surface area contributed by atoms with Gasteiger partial charge in [-0.05, 0) is 77.6 Å². The van der Waals surface area contributed by atoms with Gasteiger partial charge < -0.3 is 20.1 Å². The van der Waals surface area contributed by atoms with Gasteiger partial charge in [-0.3, -0.25) is 14.4 Å². The summed E-state index contributed by atoms with van der Waals surface area (Å²) >= 11 is 0. The van der Waals surface area contributed by atoms with Gasteiger partial charge >= 0.3 is 5.56 Å². The van der Waals surface area contributed by atoms with Crippen molar-refractivity contribution in [2.75, 3.05) is 0 Å². The van der Waals surface area contributed by atoms with Crippen molar-refractivity contribution in [3.05, 3.63) is 86.6 Å². The third-order valence-electron chi connectivity index (χ3n) is 7.20. The van der Waals surface area contributed by atoms with Gasteiger partial charge in [-0.15, -0.1) is 0 Å². The van der Waals surface area contributed by atoms with Gasteiger partial charge in [0.2, 0.25) is 5.91 Å². The zero-order valence-electron chi connectivity index (χ0n) is 23.5. The Morgan fingerprint density at radius 1 is 1.18 bits per heavy atom. The second-order valence-electron chi connectivity index (χ2n) is 11.0. The summed E-state index contributed by atoms with van der Waals surface area (Å²) < 4.78 is 20.6. The molecule has 3 aromatic rings. The summed E-state index contributed by atoms with van der Waals surface area (Å²) in [5, 5.41) is 19.6. The summed E-state index contributed by atoms with van der Waals surface area (Å²) in [7, 11) is 0. The predicted octanol–water partition coefficient (Wildman–Crippen LogP) is 4.25. The van der Waals surface area contributed by atoms with Crippen LogP contribution in [0.4, 0.5) is 4.39 Å². The third kappa shape index (κ3) is 6.07. The van der Waals surface area contributed by atoms with Crippen molar-refractivity contribution in [1.82, 2.24) is 20.4 Å². The number of nitrogens with one attached hydrogen (secondary N) is 2. The molecule has 0 unspecified atom stereocenters. The van der Waals surface area contributed by atoms with Crippen LogP contribution in [0, 0.1) is 26.6 Å². The van der Waals surface area contributed by atoms with Gasteiger partial charge in [0.25, 0.3) is 5.91 Å². The molecule has 1 aliphatic heterocycles. The molecule has 4 rings (SSSR count). The fourth-order valence-electron chi connectivity index (χ4n) is 5.24. The molecule has 2 heterocycles. The lowest BCUT2D eigenvalue weighted by Gasteiger charge is -2.38. The van der Waals surface area contributed by atoms with E-state index in [0.717, 1.165) is 17.2 Å². The largest absolute Gasteiger partial charge is 0.448 e. The maximum atomic E-state index is 15.0. The molecule has 1 aromatic heterocycles. The minimum absolute atomic E-state index is 0.00230. The van der Waals surface area contributed by atoms with Crippen LogP contribution in [0.3, 0.4) is 0 Å². The molecule has 40 heavy (non-hydrogen) atoms. The van der Waals surface area contributed by atoms with E-state index in [0.29, 0.717) is 24.1 Å². The van der Waals surface area contributed by atoms with E-state index in [-0.39, 0.29) is 29.0 Å². The maximum Gasteiger partial charge on any atom is 0.307 e. The molecule has 3 N–H and O–H groups in total. The van der Waals surface area contributed by atoms with Crippen LogP contribution in [-0.2, 0) is 4.79 Å². The number of carbonyl (C=O) groups excluding carboxylic acids is 2. The molecule has 0 spiro atoms. The van der Waals surface area contributed by atoms with Crippen molar-refractivity contribution in [1.29, 1.82) is 0 Å². The van der Waals surface area contributed by atoms with Crippen molar-refractivity contribution in [2.24, 2.45) is 0 Å². The second kappa shape index (κ2) is 11.2. The summed E-state index contributed by atoms with van der Waals surface area (Å²) in [6.07, 6.45) is 1.29. The summed E-state index contributed by atoms with van der Waals surface area (Å²) in [5.74, 6) is -2.13. The number of aromatic nitrogens is 2. The van der Waals surface area contributed by atoms with Crippen molar-refractivity contribution in [2.45, 2.75) is 78.1 Å². The van der Waals surface area contributed by atoms with Crippen LogP contribution in [0.25, 0.3) is 0 Å². The fourth-order valence-corrected chi connectivity index (χ4v) is 5.24. The van der Waals surface area contributed by atoms with Gasteiger partial charge in [-0.1, -0.05) is 29.8 Å². The Morgan fingerprint density at radius 2 is 1.90 bits per heavy atom. The molecule has 1 fully saturated rings. The van der Waals surface area contributed by atoms with Crippen LogP contribution in [0.2, 0.25) is 0 Å². The molecule has 0 aliphatic carbocycles. The number of amides is 2. The number of aromatic amines is 1. The smallest absolute Gasteiger partial charge is 0.307 e. The molecule has 3 atom stereocenters. The first-order valence-corrected chi connectivity index (χ1v) is 13.2. The molecule has 0 radical (unpaired) electrons. The molecule has 9 nitrogen and oxygen atoms in total. The number of likely N-dealkylation sites (tertiary alicyclic amines) is 1. The molecule has 10 heteroatoms. The molecule has 212 valence electrons. The number of aliphatic hydroxyl groups is 1. The van der Waals surface area contributed by atoms with Gasteiger partial charge in [0.05, 0.1) is 23.4 Å². The van der Waals surface area contributed by atoms with Gasteiger partial charge in [0, 0.05) is 11.6 Å². The van der Waals surface area contributed by atoms with Crippen molar-refractivity contribution >= 4 is 11.8 Å². The minimum Gasteiger partial charge on any atom is -0.448 e. The van der Waals surface area contributed by atoms with Crippen molar-refractivity contribution in [3.63, 3.8) is 0 Å². The van der Waals surface area contributed by atoms with Crippen LogP contribution >= 0.6 is 0 Å². The quantitative estimate of drug-likeness (QED) is 0.404. The zero-order chi connectivity index (χ0) is 29.4. The third-order valence-corrected chi connectivity index (χ3v) is 7.20. The Hall–Kier alpha value is -4.05. The Balaban J connectivity index is 1.55. The molecular formula is C30H35FN4O5. The van der Waals surface area contributed by atoms with E-state index < -0.39 is 35.0 Å². The molecule has 2 aromatic carbocycles. The van der Waals surface area contributed by atoms with E-state index in [1.165, 1.54) is 12.1 Å². The number of benzene rings is 2. The Labute approximate surface area is 232 Å². The summed E-state index contributed by atoms with van der Waals surface area (Å²) in [4.78, 5) is 40.6. The van der Waals surface area contributed by atoms with E-state index in [4.69, 9.17) is 4.74 Å². The van der Waals surface area contributed by atoms with Crippen LogP contribution < -0.4 is 15.6 Å². The van der Waals surface area contributed by atoms with Crippen LogP contribution in [0.5, 0.6) is 11.5 Å². The number of aryl methyl sites for hydroxylation is 3. The first-order valence-electron chi connectivity index (χ1n) is 13.2. The number of H-pyrrole nitrogens is 1. The average molecular weight is 551 g/mol. The number of rotatable bonds is 7. The van der Waals surface area contributed by atoms with E-state index in [2.05, 4.69) is 15.5 Å². The monoisotopic (exact) mass is 550 g/mol. The highest BCUT2D eigenvalue weighted by molar-refractivity contribution is 5.98. The molecule has 1 saturated heterocycles. The number of ether oxygens (including phenoxy) is 1. The number of carbonyl (C=O) groups is 2. The van der Waals surface area contributed by atoms with Gasteiger partial charge in [0.15, 0.2) is 17.3 Å². The van der Waals surface area contributed by atoms with Gasteiger partial charge in [-0.2, -0.15) is 5.10 Å². The van der Waals surface area contributed by atoms with Crippen molar-refractivity contribution in [3.8, 4) is 11.5 Å². The molecule has 0 bridgehead atoms. The lowest BCUT2D eigenvalue weighted by atomic mass is 9.96. The number of nitrogens with zero attached hydrogens (tertiary/aromatic N) is 2. The molecule has 2 amide bonds. The van der Waals surface area contributed by atoms with Crippen LogP contribution in [0.1, 0.15) is 72.4 Å². The summed E-state index contributed by atoms with van der Waals surface area (Å²) in [6, 6.07) is 10.1. The zero-order valence-corrected chi connectivity index (χ0v) is 23.5. The lowest BCUT2D eigenvalue weighted by Crippen LogP contribution is -2.54. The highest BCUT2D eigenvalue weighted by atomic mass is 19.1. The predicted molar refractivity (Wildman–Crippen MR) is 148 cm³/mol. The number of halogens is 1. The minimum atomic E-state index is -1.15. The fraction of sp³-hybridized carbons (Fsp3) is 0.400. The highest BCUT2D eigenvalue weighted by Gasteiger charge is 2.45. The molecule has 1 aliphatic rings. The second-order valence-corrected chi connectivity index (χ2v) is 11.0. The Morgan fingerprint density at radius 3 is 2.55 bits per heavy atom. The van der Waals surface area contributed by atoms with E-state index in [1.54, 1.807) is 39.5 Å².